The minimum Gasteiger partial charge on any atom is -0.388 e. The number of hydrogen-bond acceptors (Lipinski definition) is 2. The largest absolute Gasteiger partial charge is 0.388 e. The number of nitrogens with two attached hydrogens (primary N) is 2. The molecule has 7 N–H and O–H groups in total. The van der Waals surface area contributed by atoms with E-state index in [1.165, 1.54) is 0 Å². The Kier molecular flexibility index (Phi) is 4.43. The number of hydrogen-bond donors (Lipinski definition) is 5. The zero-order valence-corrected chi connectivity index (χ0v) is 8.48. The summed E-state index contributed by atoms with van der Waals surface area (Å²) in [5.74, 6) is 0.119. The lowest BCUT2D eigenvalue weighted by Crippen LogP contribution is -2.80. The number of benzene rings is 1. The van der Waals surface area contributed by atoms with Gasteiger partial charge in [0, 0.05) is 12.2 Å². The Morgan fingerprint density at radius 2 is 2.00 bits per heavy atom. The average molecular weight is 209 g/mol. The molecule has 1 atom stereocenters. The predicted octanol–water partition coefficient (Wildman–Crippen LogP) is -2.19. The third kappa shape index (κ3) is 4.87. The minimum absolute atomic E-state index is 0.119. The normalized spacial score (nSPS) is 11.8. The molecule has 0 fully saturated rings. The maximum atomic E-state index is 9.51. The SMILES string of the molecule is NC(N)=[NH+]C[C@H](O)CNc1ccccc1. The van der Waals surface area contributed by atoms with Gasteiger partial charge in [0.25, 0.3) is 0 Å². The van der Waals surface area contributed by atoms with E-state index in [0.29, 0.717) is 13.1 Å². The smallest absolute Gasteiger partial charge is 0.338 e. The first-order chi connectivity index (χ1) is 7.18. The van der Waals surface area contributed by atoms with Crippen molar-refractivity contribution in [3.63, 3.8) is 0 Å². The second-order valence-electron chi connectivity index (χ2n) is 3.24. The number of aliphatic hydroxyl groups excluding tert-OH is 1. The van der Waals surface area contributed by atoms with Crippen LogP contribution >= 0.6 is 0 Å². The predicted molar refractivity (Wildman–Crippen MR) is 60.2 cm³/mol. The standard InChI is InChI=1S/C10H16N4O/c11-10(12)14-7-9(15)6-13-8-4-2-1-3-5-8/h1-5,9,13,15H,6-7H2,(H4,11,12,14)/p+1/t9-/m1/s1. The topological polar surface area (TPSA) is 98.3 Å². The van der Waals surface area contributed by atoms with Gasteiger partial charge < -0.3 is 10.4 Å². The molecule has 1 aromatic rings. The van der Waals surface area contributed by atoms with Crippen LogP contribution in [-0.2, 0) is 0 Å². The van der Waals surface area contributed by atoms with Gasteiger partial charge in [-0.1, -0.05) is 18.2 Å². The van der Waals surface area contributed by atoms with Gasteiger partial charge in [-0.3, -0.25) is 16.5 Å². The Labute approximate surface area is 88.8 Å². The minimum atomic E-state index is -0.535. The highest BCUT2D eigenvalue weighted by atomic mass is 16.3. The van der Waals surface area contributed by atoms with Gasteiger partial charge in [0.15, 0.2) is 0 Å². The molecular formula is C10H17N4O+. The van der Waals surface area contributed by atoms with Crippen molar-refractivity contribution >= 4 is 11.6 Å². The molecule has 0 aliphatic rings. The van der Waals surface area contributed by atoms with Crippen molar-refractivity contribution in [1.29, 1.82) is 0 Å². The zero-order valence-electron chi connectivity index (χ0n) is 8.48. The van der Waals surface area contributed by atoms with Crippen LogP contribution in [0, 0.1) is 0 Å². The Morgan fingerprint density at radius 1 is 1.33 bits per heavy atom. The molecule has 5 heteroatoms. The van der Waals surface area contributed by atoms with Gasteiger partial charge in [-0.15, -0.1) is 0 Å². The lowest BCUT2D eigenvalue weighted by molar-refractivity contribution is -0.470. The number of anilines is 1. The molecule has 1 rings (SSSR count). The van der Waals surface area contributed by atoms with Gasteiger partial charge in [0.05, 0.1) is 6.54 Å². The highest BCUT2D eigenvalue weighted by molar-refractivity contribution is 5.69. The summed E-state index contributed by atoms with van der Waals surface area (Å²) in [6.07, 6.45) is -0.535. The summed E-state index contributed by atoms with van der Waals surface area (Å²) < 4.78 is 0. The number of rotatable bonds is 5. The van der Waals surface area contributed by atoms with Gasteiger partial charge in [-0.2, -0.15) is 0 Å². The van der Waals surface area contributed by atoms with Crippen LogP contribution in [0.15, 0.2) is 30.3 Å². The van der Waals surface area contributed by atoms with E-state index in [0.717, 1.165) is 5.69 Å². The van der Waals surface area contributed by atoms with Crippen LogP contribution in [0.25, 0.3) is 0 Å². The van der Waals surface area contributed by atoms with Crippen molar-refractivity contribution in [1.82, 2.24) is 0 Å². The molecule has 0 saturated carbocycles. The molecule has 0 aliphatic carbocycles. The van der Waals surface area contributed by atoms with E-state index in [2.05, 4.69) is 10.3 Å². The van der Waals surface area contributed by atoms with Crippen molar-refractivity contribution in [3.8, 4) is 0 Å². The first-order valence-electron chi connectivity index (χ1n) is 4.77. The van der Waals surface area contributed by atoms with Crippen LogP contribution in [-0.4, -0.2) is 30.3 Å². The van der Waals surface area contributed by atoms with Gasteiger partial charge in [0.2, 0.25) is 0 Å². The number of aliphatic hydroxyl groups is 1. The molecule has 0 bridgehead atoms. The van der Waals surface area contributed by atoms with Crippen molar-refractivity contribution in [3.05, 3.63) is 30.3 Å². The van der Waals surface area contributed by atoms with E-state index in [4.69, 9.17) is 11.5 Å². The van der Waals surface area contributed by atoms with Crippen molar-refractivity contribution < 1.29 is 10.1 Å². The van der Waals surface area contributed by atoms with Gasteiger partial charge in [-0.05, 0) is 12.1 Å². The fraction of sp³-hybridized carbons (Fsp3) is 0.300. The molecule has 0 saturated heterocycles. The molecule has 15 heavy (non-hydrogen) atoms. The van der Waals surface area contributed by atoms with E-state index in [-0.39, 0.29) is 5.96 Å². The summed E-state index contributed by atoms with van der Waals surface area (Å²) in [5.41, 5.74) is 11.4. The van der Waals surface area contributed by atoms with Crippen LogP contribution in [0.3, 0.4) is 0 Å². The average Bonchev–Trinajstić information content (AvgIpc) is 2.25. The van der Waals surface area contributed by atoms with Gasteiger partial charge in [0.1, 0.15) is 6.10 Å². The van der Waals surface area contributed by atoms with Crippen molar-refractivity contribution in [2.75, 3.05) is 18.4 Å². The molecule has 1 aromatic carbocycles. The second-order valence-corrected chi connectivity index (χ2v) is 3.24. The van der Waals surface area contributed by atoms with Gasteiger partial charge in [-0.25, -0.2) is 0 Å². The highest BCUT2D eigenvalue weighted by Crippen LogP contribution is 2.03. The quantitative estimate of drug-likeness (QED) is 0.281. The summed E-state index contributed by atoms with van der Waals surface area (Å²) in [4.78, 5) is 2.66. The summed E-state index contributed by atoms with van der Waals surface area (Å²) in [6.45, 7) is 0.784. The fourth-order valence-corrected chi connectivity index (χ4v) is 1.10. The summed E-state index contributed by atoms with van der Waals surface area (Å²) in [5, 5.41) is 12.6. The van der Waals surface area contributed by atoms with Crippen LogP contribution in [0.5, 0.6) is 0 Å². The zero-order chi connectivity index (χ0) is 11.1. The monoisotopic (exact) mass is 209 g/mol. The summed E-state index contributed by atoms with van der Waals surface area (Å²) in [7, 11) is 0. The van der Waals surface area contributed by atoms with Crippen LogP contribution in [0.2, 0.25) is 0 Å². The maximum Gasteiger partial charge on any atom is 0.338 e. The molecule has 0 spiro atoms. The maximum absolute atomic E-state index is 9.51. The lowest BCUT2D eigenvalue weighted by Gasteiger charge is -2.09. The molecule has 5 nitrogen and oxygen atoms in total. The summed E-state index contributed by atoms with van der Waals surface area (Å²) >= 11 is 0. The van der Waals surface area contributed by atoms with Crippen molar-refractivity contribution in [2.45, 2.75) is 6.10 Å². The number of guanidine groups is 1. The van der Waals surface area contributed by atoms with Crippen LogP contribution < -0.4 is 21.8 Å². The molecule has 0 heterocycles. The Hall–Kier alpha value is -1.75. The fourth-order valence-electron chi connectivity index (χ4n) is 1.10. The van der Waals surface area contributed by atoms with Gasteiger partial charge >= 0.3 is 5.96 Å². The molecule has 0 aromatic heterocycles. The summed E-state index contributed by atoms with van der Waals surface area (Å²) in [6, 6.07) is 9.66. The Bertz CT molecular complexity index is 308. The molecule has 82 valence electrons. The highest BCUT2D eigenvalue weighted by Gasteiger charge is 2.03. The number of nitrogens with one attached hydrogen (secondary N) is 2. The third-order valence-electron chi connectivity index (χ3n) is 1.86. The Balaban J connectivity index is 2.28. The molecule has 0 radical (unpaired) electrons. The van der Waals surface area contributed by atoms with Crippen LogP contribution in [0.1, 0.15) is 0 Å². The van der Waals surface area contributed by atoms with E-state index >= 15 is 0 Å². The first-order valence-corrected chi connectivity index (χ1v) is 4.77. The molecule has 0 unspecified atom stereocenters. The van der Waals surface area contributed by atoms with E-state index in [1.807, 2.05) is 30.3 Å². The molecule has 0 aliphatic heterocycles. The Morgan fingerprint density at radius 3 is 2.60 bits per heavy atom. The second kappa shape index (κ2) is 5.87. The molecular weight excluding hydrogens is 192 g/mol. The van der Waals surface area contributed by atoms with E-state index < -0.39 is 6.10 Å². The third-order valence-corrected chi connectivity index (χ3v) is 1.86. The number of para-hydroxylation sites is 1. The lowest BCUT2D eigenvalue weighted by atomic mass is 10.3. The van der Waals surface area contributed by atoms with E-state index in [9.17, 15) is 5.11 Å². The van der Waals surface area contributed by atoms with E-state index in [1.54, 1.807) is 0 Å². The first kappa shape index (κ1) is 11.3. The molecule has 0 amide bonds. The van der Waals surface area contributed by atoms with Crippen molar-refractivity contribution in [2.24, 2.45) is 11.5 Å². The van der Waals surface area contributed by atoms with Crippen LogP contribution in [0.4, 0.5) is 5.69 Å².